The van der Waals surface area contributed by atoms with Gasteiger partial charge in [0.2, 0.25) is 0 Å². The van der Waals surface area contributed by atoms with E-state index in [0.717, 1.165) is 31.6 Å². The highest BCUT2D eigenvalue weighted by molar-refractivity contribution is 5.86. The van der Waals surface area contributed by atoms with Crippen LogP contribution in [0.2, 0.25) is 0 Å². The van der Waals surface area contributed by atoms with Crippen molar-refractivity contribution in [3.8, 4) is 0 Å². The molecule has 0 aromatic carbocycles. The zero-order valence-electron chi connectivity index (χ0n) is 8.94. The fourth-order valence-electron chi connectivity index (χ4n) is 1.84. The van der Waals surface area contributed by atoms with Gasteiger partial charge in [0.25, 0.3) is 0 Å². The molecule has 0 radical (unpaired) electrons. The maximum atomic E-state index is 10.7. The van der Waals surface area contributed by atoms with Crippen molar-refractivity contribution in [2.75, 3.05) is 18.4 Å². The van der Waals surface area contributed by atoms with Gasteiger partial charge >= 0.3 is 5.97 Å². The molecule has 0 unspecified atom stereocenters. The second kappa shape index (κ2) is 4.94. The van der Waals surface area contributed by atoms with Crippen molar-refractivity contribution in [1.29, 1.82) is 0 Å². The van der Waals surface area contributed by atoms with Crippen LogP contribution in [-0.2, 0) is 0 Å². The first-order valence-corrected chi connectivity index (χ1v) is 5.42. The molecule has 1 aliphatic heterocycles. The minimum absolute atomic E-state index is 0.0823. The van der Waals surface area contributed by atoms with Crippen molar-refractivity contribution in [2.24, 2.45) is 0 Å². The number of anilines is 1. The summed E-state index contributed by atoms with van der Waals surface area (Å²) in [5.74, 6) is -0.992. The van der Waals surface area contributed by atoms with Gasteiger partial charge in [-0.1, -0.05) is 0 Å². The lowest BCUT2D eigenvalue weighted by atomic mass is 10.1. The number of piperidine rings is 1. The van der Waals surface area contributed by atoms with Crippen LogP contribution >= 0.6 is 0 Å². The first-order chi connectivity index (χ1) is 7.75. The molecular formula is C11H15N3O2. The number of pyridine rings is 1. The summed E-state index contributed by atoms with van der Waals surface area (Å²) in [6, 6.07) is 3.80. The molecule has 1 aliphatic rings. The molecule has 0 saturated carbocycles. The Bertz CT molecular complexity index is 375. The summed E-state index contributed by atoms with van der Waals surface area (Å²) in [5.41, 5.74) is 0.915. The minimum Gasteiger partial charge on any atom is -0.477 e. The van der Waals surface area contributed by atoms with E-state index in [9.17, 15) is 4.79 Å². The summed E-state index contributed by atoms with van der Waals surface area (Å²) >= 11 is 0. The van der Waals surface area contributed by atoms with Gasteiger partial charge < -0.3 is 15.7 Å². The Morgan fingerprint density at radius 1 is 1.50 bits per heavy atom. The molecule has 5 nitrogen and oxygen atoms in total. The fraction of sp³-hybridized carbons (Fsp3) is 0.455. The molecule has 0 spiro atoms. The van der Waals surface area contributed by atoms with Gasteiger partial charge in [0.05, 0.1) is 0 Å². The third kappa shape index (κ3) is 2.70. The molecule has 0 aliphatic carbocycles. The zero-order valence-corrected chi connectivity index (χ0v) is 8.94. The Morgan fingerprint density at radius 2 is 2.25 bits per heavy atom. The first-order valence-electron chi connectivity index (χ1n) is 5.42. The van der Waals surface area contributed by atoms with Gasteiger partial charge in [-0.05, 0) is 38.1 Å². The number of carbonyl (C=O) groups is 1. The number of carboxylic acids is 1. The van der Waals surface area contributed by atoms with Crippen LogP contribution in [0.4, 0.5) is 5.69 Å². The van der Waals surface area contributed by atoms with E-state index in [-0.39, 0.29) is 5.69 Å². The van der Waals surface area contributed by atoms with E-state index < -0.39 is 5.97 Å². The number of hydrogen-bond acceptors (Lipinski definition) is 4. The number of carboxylic acid groups (broad SMARTS) is 1. The predicted molar refractivity (Wildman–Crippen MR) is 60.7 cm³/mol. The highest BCUT2D eigenvalue weighted by Gasteiger charge is 2.13. The van der Waals surface area contributed by atoms with Gasteiger partial charge in [0, 0.05) is 17.9 Å². The normalized spacial score (nSPS) is 17.0. The molecule has 2 heterocycles. The van der Waals surface area contributed by atoms with Crippen LogP contribution in [-0.4, -0.2) is 35.2 Å². The number of nitrogens with one attached hydrogen (secondary N) is 2. The number of rotatable bonds is 3. The summed E-state index contributed by atoms with van der Waals surface area (Å²) in [6.07, 6.45) is 3.64. The van der Waals surface area contributed by atoms with E-state index in [4.69, 9.17) is 5.11 Å². The van der Waals surface area contributed by atoms with Crippen molar-refractivity contribution in [3.63, 3.8) is 0 Å². The van der Waals surface area contributed by atoms with Crippen molar-refractivity contribution < 1.29 is 9.90 Å². The van der Waals surface area contributed by atoms with Crippen LogP contribution in [0.15, 0.2) is 18.3 Å². The standard InChI is InChI=1S/C11H15N3O2/c15-11(16)10-7-9(3-6-13-10)14-8-1-4-12-5-2-8/h3,6-8,12H,1-2,4-5H2,(H,13,14)(H,15,16). The van der Waals surface area contributed by atoms with Crippen LogP contribution in [0.25, 0.3) is 0 Å². The Hall–Kier alpha value is -1.62. The topological polar surface area (TPSA) is 74.2 Å². The summed E-state index contributed by atoms with van der Waals surface area (Å²) in [4.78, 5) is 14.5. The van der Waals surface area contributed by atoms with Gasteiger partial charge in [-0.25, -0.2) is 9.78 Å². The zero-order chi connectivity index (χ0) is 11.4. The maximum Gasteiger partial charge on any atom is 0.354 e. The molecule has 1 aromatic heterocycles. The summed E-state index contributed by atoms with van der Waals surface area (Å²) in [7, 11) is 0. The third-order valence-electron chi connectivity index (χ3n) is 2.69. The average Bonchev–Trinajstić information content (AvgIpc) is 2.30. The van der Waals surface area contributed by atoms with Gasteiger partial charge in [-0.2, -0.15) is 0 Å². The van der Waals surface area contributed by atoms with Crippen molar-refractivity contribution >= 4 is 11.7 Å². The summed E-state index contributed by atoms with van der Waals surface area (Å²) < 4.78 is 0. The van der Waals surface area contributed by atoms with E-state index in [1.165, 1.54) is 6.20 Å². The summed E-state index contributed by atoms with van der Waals surface area (Å²) in [5, 5.41) is 15.4. The van der Waals surface area contributed by atoms with Crippen molar-refractivity contribution in [1.82, 2.24) is 10.3 Å². The van der Waals surface area contributed by atoms with Crippen LogP contribution in [0.3, 0.4) is 0 Å². The summed E-state index contributed by atoms with van der Waals surface area (Å²) in [6.45, 7) is 2.02. The molecule has 1 aromatic rings. The molecule has 1 saturated heterocycles. The largest absolute Gasteiger partial charge is 0.477 e. The van der Waals surface area contributed by atoms with E-state index >= 15 is 0 Å². The Kier molecular flexibility index (Phi) is 3.36. The van der Waals surface area contributed by atoms with E-state index in [1.807, 2.05) is 0 Å². The molecule has 3 N–H and O–H groups in total. The lowest BCUT2D eigenvalue weighted by Crippen LogP contribution is -2.35. The number of hydrogen-bond donors (Lipinski definition) is 3. The SMILES string of the molecule is O=C(O)c1cc(NC2CCNCC2)ccn1. The highest BCUT2D eigenvalue weighted by atomic mass is 16.4. The molecule has 0 amide bonds. The van der Waals surface area contributed by atoms with E-state index in [1.54, 1.807) is 12.1 Å². The van der Waals surface area contributed by atoms with Gasteiger partial charge in [-0.3, -0.25) is 0 Å². The predicted octanol–water partition coefficient (Wildman–Crippen LogP) is 0.944. The number of aromatic carboxylic acids is 1. The van der Waals surface area contributed by atoms with Gasteiger partial charge in [0.1, 0.15) is 5.69 Å². The van der Waals surface area contributed by atoms with E-state index in [0.29, 0.717) is 6.04 Å². The van der Waals surface area contributed by atoms with Gasteiger partial charge in [0.15, 0.2) is 0 Å². The molecule has 5 heteroatoms. The minimum atomic E-state index is -0.992. The molecule has 86 valence electrons. The van der Waals surface area contributed by atoms with E-state index in [2.05, 4.69) is 15.6 Å². The lowest BCUT2D eigenvalue weighted by Gasteiger charge is -2.24. The molecular weight excluding hydrogens is 206 g/mol. The third-order valence-corrected chi connectivity index (χ3v) is 2.69. The second-order valence-corrected chi connectivity index (χ2v) is 3.90. The molecule has 1 fully saturated rings. The number of aromatic nitrogens is 1. The Labute approximate surface area is 93.9 Å². The highest BCUT2D eigenvalue weighted by Crippen LogP contribution is 2.13. The van der Waals surface area contributed by atoms with Crippen molar-refractivity contribution in [3.05, 3.63) is 24.0 Å². The van der Waals surface area contributed by atoms with Gasteiger partial charge in [-0.15, -0.1) is 0 Å². The fourth-order valence-corrected chi connectivity index (χ4v) is 1.84. The Balaban J connectivity index is 2.02. The molecule has 0 atom stereocenters. The van der Waals surface area contributed by atoms with Crippen LogP contribution in [0.1, 0.15) is 23.3 Å². The maximum absolute atomic E-state index is 10.7. The first kappa shape index (κ1) is 10.9. The number of nitrogens with zero attached hydrogens (tertiary/aromatic N) is 1. The van der Waals surface area contributed by atoms with Crippen LogP contribution < -0.4 is 10.6 Å². The average molecular weight is 221 g/mol. The van der Waals surface area contributed by atoms with Crippen LogP contribution in [0, 0.1) is 0 Å². The second-order valence-electron chi connectivity index (χ2n) is 3.90. The monoisotopic (exact) mass is 221 g/mol. The molecule has 16 heavy (non-hydrogen) atoms. The van der Waals surface area contributed by atoms with Crippen LogP contribution in [0.5, 0.6) is 0 Å². The molecule has 2 rings (SSSR count). The quantitative estimate of drug-likeness (QED) is 0.708. The molecule has 0 bridgehead atoms. The smallest absolute Gasteiger partial charge is 0.354 e. The Morgan fingerprint density at radius 3 is 2.94 bits per heavy atom. The van der Waals surface area contributed by atoms with Crippen molar-refractivity contribution in [2.45, 2.75) is 18.9 Å². The lowest BCUT2D eigenvalue weighted by molar-refractivity contribution is 0.0690.